The van der Waals surface area contributed by atoms with Gasteiger partial charge in [0.1, 0.15) is 0 Å². The molecule has 2 unspecified atom stereocenters. The van der Waals surface area contributed by atoms with E-state index in [0.717, 1.165) is 13.1 Å². The number of likely N-dealkylation sites (N-methyl/N-ethyl adjacent to an activating group) is 2. The van der Waals surface area contributed by atoms with Crippen LogP contribution in [0.5, 0.6) is 0 Å². The van der Waals surface area contributed by atoms with Crippen LogP contribution in [0.3, 0.4) is 0 Å². The molecular weight excluding hydrogens is 221 g/mol. The number of piperazine rings is 1. The van der Waals surface area contributed by atoms with E-state index >= 15 is 0 Å². The number of aliphatic hydroxyl groups is 1. The zero-order valence-electron chi connectivity index (χ0n) is 9.67. The third-order valence-corrected chi connectivity index (χ3v) is 3.07. The number of hydrogen-bond acceptors (Lipinski definition) is 3. The summed E-state index contributed by atoms with van der Waals surface area (Å²) in [7, 11) is 3.75. The zero-order chi connectivity index (χ0) is 12.3. The Morgan fingerprint density at radius 2 is 1.94 bits per heavy atom. The van der Waals surface area contributed by atoms with E-state index in [1.54, 1.807) is 0 Å². The van der Waals surface area contributed by atoms with E-state index < -0.39 is 18.7 Å². The first-order valence-electron chi connectivity index (χ1n) is 5.43. The number of rotatable bonds is 3. The minimum absolute atomic E-state index is 0.193. The van der Waals surface area contributed by atoms with Crippen molar-refractivity contribution < 1.29 is 18.3 Å². The molecule has 6 heteroatoms. The molecule has 1 aliphatic heterocycles. The molecule has 0 aromatic heterocycles. The van der Waals surface area contributed by atoms with Crippen LogP contribution in [0.25, 0.3) is 0 Å². The average molecular weight is 240 g/mol. The normalized spacial score (nSPS) is 27.0. The van der Waals surface area contributed by atoms with Crippen molar-refractivity contribution in [2.75, 3.05) is 33.7 Å². The standard InChI is InChI=1S/C10H19F3N2O/c1-14-5-6-15(2)8(7-14)9(16)3-4-10(11,12)13/h8-9,16H,3-7H2,1-2H3. The van der Waals surface area contributed by atoms with Crippen molar-refractivity contribution in [1.82, 2.24) is 9.80 Å². The summed E-state index contributed by atoms with van der Waals surface area (Å²) in [5.74, 6) is 0. The van der Waals surface area contributed by atoms with E-state index in [1.807, 2.05) is 23.9 Å². The number of alkyl halides is 3. The van der Waals surface area contributed by atoms with E-state index in [-0.39, 0.29) is 12.5 Å². The van der Waals surface area contributed by atoms with Gasteiger partial charge >= 0.3 is 6.18 Å². The molecule has 0 saturated carbocycles. The predicted octanol–water partition coefficient (Wildman–Crippen LogP) is 0.936. The van der Waals surface area contributed by atoms with Crippen LogP contribution >= 0.6 is 0 Å². The third-order valence-electron chi connectivity index (χ3n) is 3.07. The molecule has 0 aromatic carbocycles. The lowest BCUT2D eigenvalue weighted by Gasteiger charge is -2.40. The van der Waals surface area contributed by atoms with Crippen molar-refractivity contribution in [2.45, 2.75) is 31.2 Å². The molecular formula is C10H19F3N2O. The minimum atomic E-state index is -4.18. The second kappa shape index (κ2) is 5.33. The summed E-state index contributed by atoms with van der Waals surface area (Å²) in [6.45, 7) is 2.29. The van der Waals surface area contributed by atoms with Crippen LogP contribution in [0.2, 0.25) is 0 Å². The number of nitrogens with zero attached hydrogens (tertiary/aromatic N) is 2. The van der Waals surface area contributed by atoms with Crippen LogP contribution in [0.4, 0.5) is 13.2 Å². The first-order chi connectivity index (χ1) is 7.29. The van der Waals surface area contributed by atoms with Crippen LogP contribution in [-0.4, -0.2) is 67.0 Å². The molecule has 1 saturated heterocycles. The van der Waals surface area contributed by atoms with Crippen LogP contribution in [0.15, 0.2) is 0 Å². The largest absolute Gasteiger partial charge is 0.391 e. The average Bonchev–Trinajstić information content (AvgIpc) is 2.17. The monoisotopic (exact) mass is 240 g/mol. The van der Waals surface area contributed by atoms with Gasteiger partial charge in [0, 0.05) is 32.1 Å². The highest BCUT2D eigenvalue weighted by Crippen LogP contribution is 2.24. The van der Waals surface area contributed by atoms with Gasteiger partial charge in [0.15, 0.2) is 0 Å². The van der Waals surface area contributed by atoms with Gasteiger partial charge in [-0.05, 0) is 20.5 Å². The molecule has 16 heavy (non-hydrogen) atoms. The summed E-state index contributed by atoms with van der Waals surface area (Å²) in [6, 6.07) is -0.193. The molecule has 1 aliphatic rings. The van der Waals surface area contributed by atoms with Crippen LogP contribution in [0.1, 0.15) is 12.8 Å². The Morgan fingerprint density at radius 1 is 1.31 bits per heavy atom. The molecule has 1 fully saturated rings. The van der Waals surface area contributed by atoms with E-state index in [1.165, 1.54) is 0 Å². The molecule has 0 aromatic rings. The van der Waals surface area contributed by atoms with Crippen molar-refractivity contribution in [1.29, 1.82) is 0 Å². The van der Waals surface area contributed by atoms with Gasteiger partial charge < -0.3 is 10.0 Å². The molecule has 0 aliphatic carbocycles. The second-order valence-corrected chi connectivity index (χ2v) is 4.53. The molecule has 3 nitrogen and oxygen atoms in total. The topological polar surface area (TPSA) is 26.7 Å². The molecule has 0 amide bonds. The molecule has 0 radical (unpaired) electrons. The van der Waals surface area contributed by atoms with Gasteiger partial charge in [-0.2, -0.15) is 13.2 Å². The molecule has 96 valence electrons. The summed E-state index contributed by atoms with van der Waals surface area (Å²) < 4.78 is 36.1. The van der Waals surface area contributed by atoms with E-state index in [0.29, 0.717) is 6.54 Å². The Kier molecular flexibility index (Phi) is 4.58. The summed E-state index contributed by atoms with van der Waals surface area (Å²) in [5.41, 5.74) is 0. The molecule has 2 atom stereocenters. The molecule has 1 N–H and O–H groups in total. The summed E-state index contributed by atoms with van der Waals surface area (Å²) in [4.78, 5) is 3.96. The van der Waals surface area contributed by atoms with Gasteiger partial charge in [-0.1, -0.05) is 0 Å². The van der Waals surface area contributed by atoms with Crippen molar-refractivity contribution >= 4 is 0 Å². The molecule has 1 rings (SSSR count). The molecule has 0 bridgehead atoms. The summed E-state index contributed by atoms with van der Waals surface area (Å²) in [6.07, 6.45) is -6.22. The SMILES string of the molecule is CN1CCN(C)C(C(O)CCC(F)(F)F)C1. The Morgan fingerprint density at radius 3 is 2.50 bits per heavy atom. The van der Waals surface area contributed by atoms with Crippen molar-refractivity contribution in [3.63, 3.8) is 0 Å². The Labute approximate surface area is 93.8 Å². The number of hydrogen-bond donors (Lipinski definition) is 1. The quantitative estimate of drug-likeness (QED) is 0.795. The highest BCUT2D eigenvalue weighted by atomic mass is 19.4. The first kappa shape index (κ1) is 13.7. The Bertz CT molecular complexity index is 223. The maximum absolute atomic E-state index is 12.0. The van der Waals surface area contributed by atoms with Crippen LogP contribution in [0, 0.1) is 0 Å². The fraction of sp³-hybridized carbons (Fsp3) is 1.00. The maximum atomic E-state index is 12.0. The zero-order valence-corrected chi connectivity index (χ0v) is 9.67. The predicted molar refractivity (Wildman–Crippen MR) is 55.2 cm³/mol. The highest BCUT2D eigenvalue weighted by molar-refractivity contribution is 4.84. The van der Waals surface area contributed by atoms with E-state index in [2.05, 4.69) is 0 Å². The highest BCUT2D eigenvalue weighted by Gasteiger charge is 2.33. The molecule has 1 heterocycles. The van der Waals surface area contributed by atoms with Gasteiger partial charge in [0.05, 0.1) is 6.10 Å². The minimum Gasteiger partial charge on any atom is -0.391 e. The van der Waals surface area contributed by atoms with Gasteiger partial charge in [-0.3, -0.25) is 4.90 Å². The van der Waals surface area contributed by atoms with Crippen molar-refractivity contribution in [3.8, 4) is 0 Å². The lowest BCUT2D eigenvalue weighted by molar-refractivity contribution is -0.142. The molecule has 0 spiro atoms. The van der Waals surface area contributed by atoms with Gasteiger partial charge in [0.2, 0.25) is 0 Å². The van der Waals surface area contributed by atoms with Gasteiger partial charge in [-0.25, -0.2) is 0 Å². The van der Waals surface area contributed by atoms with E-state index in [9.17, 15) is 18.3 Å². The van der Waals surface area contributed by atoms with Crippen molar-refractivity contribution in [2.24, 2.45) is 0 Å². The number of aliphatic hydroxyl groups excluding tert-OH is 1. The van der Waals surface area contributed by atoms with Crippen molar-refractivity contribution in [3.05, 3.63) is 0 Å². The second-order valence-electron chi connectivity index (χ2n) is 4.53. The van der Waals surface area contributed by atoms with E-state index in [4.69, 9.17) is 0 Å². The lowest BCUT2D eigenvalue weighted by Crippen LogP contribution is -2.55. The summed E-state index contributed by atoms with van der Waals surface area (Å²) >= 11 is 0. The third kappa shape index (κ3) is 4.27. The first-order valence-corrected chi connectivity index (χ1v) is 5.43. The fourth-order valence-corrected chi connectivity index (χ4v) is 1.96. The van der Waals surface area contributed by atoms with Gasteiger partial charge in [-0.15, -0.1) is 0 Å². The lowest BCUT2D eigenvalue weighted by atomic mass is 10.0. The number of halogens is 3. The van der Waals surface area contributed by atoms with Crippen LogP contribution in [-0.2, 0) is 0 Å². The Balaban J connectivity index is 2.42. The van der Waals surface area contributed by atoms with Crippen LogP contribution < -0.4 is 0 Å². The summed E-state index contributed by atoms with van der Waals surface area (Å²) in [5, 5.41) is 9.76. The smallest absolute Gasteiger partial charge is 0.389 e. The Hall–Kier alpha value is -0.330. The van der Waals surface area contributed by atoms with Gasteiger partial charge in [0.25, 0.3) is 0 Å². The fourth-order valence-electron chi connectivity index (χ4n) is 1.96. The maximum Gasteiger partial charge on any atom is 0.389 e.